The van der Waals surface area contributed by atoms with E-state index in [0.717, 1.165) is 24.2 Å². The monoisotopic (exact) mass is 650 g/mol. The number of alkyl halides is 6. The van der Waals surface area contributed by atoms with Crippen LogP contribution in [0.2, 0.25) is 0 Å². The second-order valence-electron chi connectivity index (χ2n) is 12.3. The summed E-state index contributed by atoms with van der Waals surface area (Å²) in [5.41, 5.74) is 0.950. The summed E-state index contributed by atoms with van der Waals surface area (Å²) in [4.78, 5) is 33.4. The van der Waals surface area contributed by atoms with Crippen molar-refractivity contribution in [3.05, 3.63) is 45.6 Å². The molecule has 0 spiro atoms. The van der Waals surface area contributed by atoms with Crippen LogP contribution in [0.25, 0.3) is 0 Å². The molecule has 2 fully saturated rings. The standard InChI is InChI=1S/C29H36F6N4O4S/c1-26(2,3)43-24(40)23-38-21(22(36)44-23)27(8-5-20(14-27)39(4)19-6-9-42-10-7-19)25(41)37-15-16-11-17(28(30,31)32)13-18(12-16)29(33,34)35/h11-13,19-20H,5-10,14-15,36H2,1-4H3,(H,37,41). The topological polar surface area (TPSA) is 107 Å². The molecule has 0 radical (unpaired) electrons. The van der Waals surface area contributed by atoms with E-state index >= 15 is 0 Å². The average Bonchev–Trinajstić information content (AvgIpc) is 3.55. The van der Waals surface area contributed by atoms with E-state index in [-0.39, 0.29) is 52.3 Å². The summed E-state index contributed by atoms with van der Waals surface area (Å²) in [7, 11) is 1.95. The van der Waals surface area contributed by atoms with Gasteiger partial charge in [0.2, 0.25) is 10.9 Å². The summed E-state index contributed by atoms with van der Waals surface area (Å²) in [6, 6.07) is 1.28. The van der Waals surface area contributed by atoms with Crippen molar-refractivity contribution >= 4 is 28.2 Å². The molecule has 44 heavy (non-hydrogen) atoms. The second kappa shape index (κ2) is 12.5. The number of ether oxygens (including phenoxy) is 2. The molecule has 1 aliphatic heterocycles. The third-order valence-corrected chi connectivity index (χ3v) is 8.91. The molecule has 1 saturated carbocycles. The van der Waals surface area contributed by atoms with Gasteiger partial charge in [-0.2, -0.15) is 26.3 Å². The molecule has 2 heterocycles. The lowest BCUT2D eigenvalue weighted by Crippen LogP contribution is -2.46. The molecule has 15 heteroatoms. The maximum Gasteiger partial charge on any atom is 0.416 e. The van der Waals surface area contributed by atoms with Crippen molar-refractivity contribution in [2.75, 3.05) is 26.0 Å². The number of nitrogen functional groups attached to an aromatic ring is 1. The van der Waals surface area contributed by atoms with Crippen LogP contribution in [0.3, 0.4) is 0 Å². The van der Waals surface area contributed by atoms with E-state index in [1.165, 1.54) is 0 Å². The number of aromatic nitrogens is 1. The van der Waals surface area contributed by atoms with E-state index in [1.54, 1.807) is 20.8 Å². The van der Waals surface area contributed by atoms with E-state index < -0.39 is 52.9 Å². The summed E-state index contributed by atoms with van der Waals surface area (Å²) >= 11 is 0.859. The van der Waals surface area contributed by atoms with Gasteiger partial charge in [0.05, 0.1) is 22.2 Å². The Morgan fingerprint density at radius 1 is 1.05 bits per heavy atom. The van der Waals surface area contributed by atoms with Crippen molar-refractivity contribution in [3.8, 4) is 0 Å². The van der Waals surface area contributed by atoms with E-state index in [4.69, 9.17) is 15.2 Å². The summed E-state index contributed by atoms with van der Waals surface area (Å²) in [5.74, 6) is -1.38. The van der Waals surface area contributed by atoms with Crippen molar-refractivity contribution in [2.24, 2.45) is 0 Å². The van der Waals surface area contributed by atoms with Crippen LogP contribution in [0, 0.1) is 0 Å². The molecular weight excluding hydrogens is 614 g/mol. The van der Waals surface area contributed by atoms with Crippen LogP contribution in [0.1, 0.15) is 85.1 Å². The van der Waals surface area contributed by atoms with Gasteiger partial charge < -0.3 is 25.4 Å². The zero-order valence-corrected chi connectivity index (χ0v) is 25.6. The Morgan fingerprint density at radius 2 is 1.64 bits per heavy atom. The molecule has 1 aromatic heterocycles. The molecule has 0 bridgehead atoms. The first-order chi connectivity index (χ1) is 20.3. The van der Waals surface area contributed by atoms with Gasteiger partial charge in [0.15, 0.2) is 0 Å². The van der Waals surface area contributed by atoms with E-state index in [1.807, 2.05) is 7.05 Å². The summed E-state index contributed by atoms with van der Waals surface area (Å²) < 4.78 is 91.4. The molecule has 1 aliphatic carbocycles. The van der Waals surface area contributed by atoms with E-state index in [2.05, 4.69) is 15.2 Å². The predicted molar refractivity (Wildman–Crippen MR) is 151 cm³/mol. The maximum absolute atomic E-state index is 14.0. The first-order valence-corrected chi connectivity index (χ1v) is 15.0. The van der Waals surface area contributed by atoms with Gasteiger partial charge in [0.25, 0.3) is 0 Å². The Labute approximate surface area is 255 Å². The number of nitrogens with two attached hydrogens (primary N) is 1. The van der Waals surface area contributed by atoms with Crippen molar-refractivity contribution in [2.45, 2.75) is 94.9 Å². The molecule has 1 saturated heterocycles. The quantitative estimate of drug-likeness (QED) is 0.283. The minimum Gasteiger partial charge on any atom is -0.455 e. The number of benzene rings is 1. The van der Waals surface area contributed by atoms with Gasteiger partial charge >= 0.3 is 18.3 Å². The van der Waals surface area contributed by atoms with Crippen LogP contribution in [0.15, 0.2) is 18.2 Å². The number of carbonyl (C=O) groups excluding carboxylic acids is 2. The van der Waals surface area contributed by atoms with Crippen molar-refractivity contribution in [1.82, 2.24) is 15.2 Å². The molecular formula is C29H36F6N4O4S. The number of esters is 1. The SMILES string of the molecule is CN(C1CCOCC1)C1CCC(C(=O)NCc2cc(C(F)(F)F)cc(C(F)(F)F)c2)(c2nc(C(=O)OC(C)(C)C)sc2N)C1. The van der Waals surface area contributed by atoms with E-state index in [9.17, 15) is 35.9 Å². The molecule has 3 N–H and O–H groups in total. The highest BCUT2D eigenvalue weighted by molar-refractivity contribution is 7.17. The number of nitrogens with zero attached hydrogens (tertiary/aromatic N) is 2. The Balaban J connectivity index is 1.67. The minimum absolute atomic E-state index is 0.0364. The molecule has 8 nitrogen and oxygen atoms in total. The Bertz CT molecular complexity index is 1330. The third-order valence-electron chi connectivity index (χ3n) is 8.05. The number of hydrogen-bond acceptors (Lipinski definition) is 8. The number of carbonyl (C=O) groups is 2. The number of halogens is 6. The fourth-order valence-corrected chi connectivity index (χ4v) is 6.65. The van der Waals surface area contributed by atoms with Gasteiger partial charge in [-0.05, 0) is 83.7 Å². The van der Waals surface area contributed by atoms with E-state index in [0.29, 0.717) is 31.8 Å². The molecule has 1 amide bonds. The van der Waals surface area contributed by atoms with Gasteiger partial charge in [-0.25, -0.2) is 9.78 Å². The molecule has 2 unspecified atom stereocenters. The van der Waals surface area contributed by atoms with Crippen LogP contribution in [0.5, 0.6) is 0 Å². The number of anilines is 1. The highest BCUT2D eigenvalue weighted by atomic mass is 32.1. The molecule has 4 rings (SSSR count). The first kappa shape index (κ1) is 34.0. The Kier molecular flexibility index (Phi) is 9.63. The lowest BCUT2D eigenvalue weighted by molar-refractivity contribution is -0.143. The molecule has 2 aromatic rings. The lowest BCUT2D eigenvalue weighted by Gasteiger charge is -2.36. The fourth-order valence-electron chi connectivity index (χ4n) is 5.84. The lowest BCUT2D eigenvalue weighted by atomic mass is 9.81. The van der Waals surface area contributed by atoms with Crippen LogP contribution in [0.4, 0.5) is 31.3 Å². The average molecular weight is 651 g/mol. The van der Waals surface area contributed by atoms with Gasteiger partial charge in [-0.3, -0.25) is 4.79 Å². The highest BCUT2D eigenvalue weighted by Crippen LogP contribution is 2.47. The summed E-state index contributed by atoms with van der Waals surface area (Å²) in [6.07, 6.45) is -7.44. The maximum atomic E-state index is 14.0. The summed E-state index contributed by atoms with van der Waals surface area (Å²) in [5, 5.41) is 2.61. The fraction of sp³-hybridized carbons (Fsp3) is 0.621. The van der Waals surface area contributed by atoms with Gasteiger partial charge in [-0.15, -0.1) is 0 Å². The number of rotatable bonds is 7. The van der Waals surface area contributed by atoms with Crippen LogP contribution >= 0.6 is 11.3 Å². The van der Waals surface area contributed by atoms with Crippen LogP contribution in [-0.4, -0.2) is 59.7 Å². The third kappa shape index (κ3) is 7.65. The molecule has 2 atom stereocenters. The summed E-state index contributed by atoms with van der Waals surface area (Å²) in [6.45, 7) is 5.65. The zero-order chi connectivity index (χ0) is 32.7. The molecule has 2 aliphatic rings. The van der Waals surface area contributed by atoms with Crippen LogP contribution in [-0.2, 0) is 38.6 Å². The Morgan fingerprint density at radius 3 is 2.18 bits per heavy atom. The van der Waals surface area contributed by atoms with Gasteiger partial charge in [0.1, 0.15) is 10.6 Å². The van der Waals surface area contributed by atoms with Crippen molar-refractivity contribution in [1.29, 1.82) is 0 Å². The predicted octanol–water partition coefficient (Wildman–Crippen LogP) is 5.94. The normalized spacial score (nSPS) is 21.9. The molecule has 244 valence electrons. The number of hydrogen-bond donors (Lipinski definition) is 2. The number of amides is 1. The Hall–Kier alpha value is -2.91. The second-order valence-corrected chi connectivity index (χ2v) is 13.3. The van der Waals surface area contributed by atoms with Gasteiger partial charge in [-0.1, -0.05) is 11.3 Å². The minimum atomic E-state index is -5.03. The van der Waals surface area contributed by atoms with Gasteiger partial charge in [0, 0.05) is 31.8 Å². The molecule has 1 aromatic carbocycles. The van der Waals surface area contributed by atoms with Crippen molar-refractivity contribution < 1.29 is 45.4 Å². The number of thiazole rings is 1. The largest absolute Gasteiger partial charge is 0.455 e. The zero-order valence-electron chi connectivity index (χ0n) is 24.8. The smallest absolute Gasteiger partial charge is 0.416 e. The number of nitrogens with one attached hydrogen (secondary N) is 1. The van der Waals surface area contributed by atoms with Crippen molar-refractivity contribution in [3.63, 3.8) is 0 Å². The highest BCUT2D eigenvalue weighted by Gasteiger charge is 2.51. The first-order valence-electron chi connectivity index (χ1n) is 14.2. The van der Waals surface area contributed by atoms with Crippen LogP contribution < -0.4 is 11.1 Å².